The fourth-order valence-corrected chi connectivity index (χ4v) is 2.93. The molecule has 0 aliphatic heterocycles. The lowest BCUT2D eigenvalue weighted by Crippen LogP contribution is -2.07. The third-order valence-electron chi connectivity index (χ3n) is 3.53. The zero-order valence-corrected chi connectivity index (χ0v) is 13.1. The van der Waals surface area contributed by atoms with Crippen molar-refractivity contribution in [1.29, 1.82) is 5.16 Å². The number of rotatable bonds is 3. The van der Waals surface area contributed by atoms with Gasteiger partial charge in [-0.2, -0.15) is 4.98 Å². The van der Waals surface area contributed by atoms with Crippen molar-refractivity contribution in [1.82, 2.24) is 19.9 Å². The van der Waals surface area contributed by atoms with Crippen molar-refractivity contribution in [2.45, 2.75) is 0 Å². The molecule has 0 fully saturated rings. The maximum atomic E-state index is 11.4. The van der Waals surface area contributed by atoms with Crippen molar-refractivity contribution in [2.24, 2.45) is 0 Å². The van der Waals surface area contributed by atoms with E-state index in [1.165, 1.54) is 12.5 Å². The zero-order valence-electron chi connectivity index (χ0n) is 12.2. The van der Waals surface area contributed by atoms with Crippen molar-refractivity contribution in [3.05, 3.63) is 59.3 Å². The second-order valence-corrected chi connectivity index (χ2v) is 5.67. The Morgan fingerprint density at radius 2 is 1.88 bits per heavy atom. The molecular weight excluding hydrogens is 325 g/mol. The van der Waals surface area contributed by atoms with E-state index in [2.05, 4.69) is 19.9 Å². The Hall–Kier alpha value is -3.18. The minimum absolute atomic E-state index is 0.262. The molecule has 0 unspecified atom stereocenters. The van der Waals surface area contributed by atoms with Crippen molar-refractivity contribution >= 4 is 35.6 Å². The predicted octanol–water partition coefficient (Wildman–Crippen LogP) is 2.99. The number of H-pyrrole nitrogens is 1. The van der Waals surface area contributed by atoms with Crippen LogP contribution in [0.25, 0.3) is 21.9 Å². The Morgan fingerprint density at radius 1 is 1.04 bits per heavy atom. The summed E-state index contributed by atoms with van der Waals surface area (Å²) in [7, 11) is 0.441. The maximum absolute atomic E-state index is 11.4. The van der Waals surface area contributed by atoms with Gasteiger partial charge in [-0.1, -0.05) is 24.3 Å². The van der Waals surface area contributed by atoms with Gasteiger partial charge in [0, 0.05) is 19.1 Å². The van der Waals surface area contributed by atoms with Gasteiger partial charge in [-0.25, -0.2) is 9.97 Å². The predicted molar refractivity (Wildman–Crippen MR) is 91.2 cm³/mol. The van der Waals surface area contributed by atoms with E-state index >= 15 is 0 Å². The molecule has 2 heterocycles. The molecular formula is C16H10N5O2P. The summed E-state index contributed by atoms with van der Waals surface area (Å²) in [4.78, 5) is 26.1. The zero-order chi connectivity index (χ0) is 16.5. The summed E-state index contributed by atoms with van der Waals surface area (Å²) in [5, 5.41) is 10.3. The molecule has 0 amide bonds. The molecule has 4 aromatic rings. The molecule has 24 heavy (non-hydrogen) atoms. The van der Waals surface area contributed by atoms with E-state index in [-0.39, 0.29) is 11.4 Å². The number of ether oxygens (including phenoxy) is 1. The van der Waals surface area contributed by atoms with Crippen LogP contribution >= 0.6 is 8.37 Å². The third-order valence-corrected chi connectivity index (χ3v) is 4.16. The number of nitrogens with one attached hydrogen (secondary N) is 2. The molecule has 0 aliphatic rings. The first-order valence-corrected chi connectivity index (χ1v) is 7.93. The number of benzene rings is 2. The van der Waals surface area contributed by atoms with Crippen molar-refractivity contribution in [2.75, 3.05) is 0 Å². The summed E-state index contributed by atoms with van der Waals surface area (Å²) >= 11 is 0. The summed E-state index contributed by atoms with van der Waals surface area (Å²) in [6.07, 6.45) is 2.48. The van der Waals surface area contributed by atoms with Gasteiger partial charge >= 0.3 is 0 Å². The number of fused-ring (bicyclic) bond motifs is 2. The van der Waals surface area contributed by atoms with Gasteiger partial charge in [-0.05, 0) is 17.5 Å². The SMILES string of the molecule is N=Pc1ccc(Oc2ncnc3[nH]c(=O)cnc23)c2ccccc12. The molecule has 0 atom stereocenters. The van der Waals surface area contributed by atoms with E-state index in [0.29, 0.717) is 25.3 Å². The van der Waals surface area contributed by atoms with Gasteiger partial charge in [0.2, 0.25) is 0 Å². The molecule has 2 aromatic heterocycles. The highest BCUT2D eigenvalue weighted by molar-refractivity contribution is 7.36. The van der Waals surface area contributed by atoms with Crippen LogP contribution in [0.3, 0.4) is 0 Å². The normalized spacial score (nSPS) is 11.2. The number of aromatic amines is 1. The maximum Gasteiger partial charge on any atom is 0.268 e. The third kappa shape index (κ3) is 2.41. The average molecular weight is 335 g/mol. The fraction of sp³-hybridized carbons (Fsp3) is 0. The molecule has 4 rings (SSSR count). The van der Waals surface area contributed by atoms with E-state index in [4.69, 9.17) is 9.90 Å². The first kappa shape index (κ1) is 14.4. The lowest BCUT2D eigenvalue weighted by molar-refractivity contribution is 0.472. The minimum atomic E-state index is -0.337. The number of hydrogen-bond donors (Lipinski definition) is 2. The monoisotopic (exact) mass is 335 g/mol. The van der Waals surface area contributed by atoms with Crippen LogP contribution < -0.4 is 15.6 Å². The van der Waals surface area contributed by atoms with Crippen LogP contribution in [-0.2, 0) is 0 Å². The smallest absolute Gasteiger partial charge is 0.268 e. The Kier molecular flexibility index (Phi) is 3.48. The first-order chi connectivity index (χ1) is 11.8. The lowest BCUT2D eigenvalue weighted by Gasteiger charge is -2.10. The van der Waals surface area contributed by atoms with Crippen LogP contribution in [0.1, 0.15) is 0 Å². The molecule has 2 aromatic carbocycles. The summed E-state index contributed by atoms with van der Waals surface area (Å²) in [6, 6.07) is 11.4. The van der Waals surface area contributed by atoms with Gasteiger partial charge in [-0.3, -0.25) is 9.96 Å². The number of nitrogens with zero attached hydrogens (tertiary/aromatic N) is 3. The summed E-state index contributed by atoms with van der Waals surface area (Å²) in [5.74, 6) is 0.864. The molecule has 2 N–H and O–H groups in total. The van der Waals surface area contributed by atoms with Crippen molar-refractivity contribution in [3.63, 3.8) is 0 Å². The largest absolute Gasteiger partial charge is 0.436 e. The topological polar surface area (TPSA) is 105 Å². The highest BCUT2D eigenvalue weighted by Gasteiger charge is 2.11. The lowest BCUT2D eigenvalue weighted by atomic mass is 10.1. The first-order valence-electron chi connectivity index (χ1n) is 7.03. The van der Waals surface area contributed by atoms with Crippen LogP contribution in [0.4, 0.5) is 0 Å². The van der Waals surface area contributed by atoms with Gasteiger partial charge in [-0.15, -0.1) is 0 Å². The van der Waals surface area contributed by atoms with Crippen molar-refractivity contribution < 1.29 is 4.74 Å². The van der Waals surface area contributed by atoms with Gasteiger partial charge in [0.25, 0.3) is 11.4 Å². The van der Waals surface area contributed by atoms with E-state index in [9.17, 15) is 4.79 Å². The van der Waals surface area contributed by atoms with Gasteiger partial charge < -0.3 is 9.72 Å². The fourth-order valence-electron chi connectivity index (χ4n) is 2.46. The van der Waals surface area contributed by atoms with Gasteiger partial charge in [0.15, 0.2) is 11.2 Å². The Bertz CT molecular complexity index is 1140. The number of hydrogen-bond acceptors (Lipinski definition) is 6. The molecule has 0 saturated carbocycles. The molecule has 8 heteroatoms. The van der Waals surface area contributed by atoms with E-state index in [0.717, 1.165) is 16.1 Å². The van der Waals surface area contributed by atoms with Gasteiger partial charge in [0.05, 0.1) is 6.20 Å². The van der Waals surface area contributed by atoms with E-state index < -0.39 is 0 Å². The Labute approximate surface area is 137 Å². The van der Waals surface area contributed by atoms with Crippen LogP contribution in [0.15, 0.2) is 53.7 Å². The Morgan fingerprint density at radius 3 is 2.71 bits per heavy atom. The number of aromatic nitrogens is 4. The van der Waals surface area contributed by atoms with E-state index in [1.807, 2.05) is 30.3 Å². The highest BCUT2D eigenvalue weighted by atomic mass is 31.1. The average Bonchev–Trinajstić information content (AvgIpc) is 2.62. The van der Waals surface area contributed by atoms with Crippen LogP contribution in [0, 0.1) is 5.16 Å². The standard InChI is InChI=1S/C16H10N5O2P/c17-24-12-6-5-11(9-3-1-2-4-10(9)12)23-16-14-15(19-8-20-16)21-13(22)7-18-14/h1-8,17H,(H,19,20,21,22). The van der Waals surface area contributed by atoms with Crippen molar-refractivity contribution in [3.8, 4) is 11.6 Å². The van der Waals surface area contributed by atoms with E-state index in [1.54, 1.807) is 6.07 Å². The van der Waals surface area contributed by atoms with Gasteiger partial charge in [0.1, 0.15) is 12.1 Å². The minimum Gasteiger partial charge on any atom is -0.436 e. The second kappa shape index (κ2) is 5.79. The molecule has 0 bridgehead atoms. The molecule has 0 spiro atoms. The molecule has 0 saturated heterocycles. The summed E-state index contributed by atoms with van der Waals surface area (Å²) in [5.41, 5.74) is 0.360. The molecule has 116 valence electrons. The molecule has 0 aliphatic carbocycles. The Balaban J connectivity index is 1.89. The van der Waals surface area contributed by atoms with Crippen LogP contribution in [-0.4, -0.2) is 19.9 Å². The van der Waals surface area contributed by atoms with Crippen LogP contribution in [0.2, 0.25) is 0 Å². The molecule has 7 nitrogen and oxygen atoms in total. The summed E-state index contributed by atoms with van der Waals surface area (Å²) in [6.45, 7) is 0. The van der Waals surface area contributed by atoms with Crippen LogP contribution in [0.5, 0.6) is 11.6 Å². The summed E-state index contributed by atoms with van der Waals surface area (Å²) < 4.78 is 5.94. The highest BCUT2D eigenvalue weighted by Crippen LogP contribution is 2.31. The molecule has 0 radical (unpaired) electrons. The quantitative estimate of drug-likeness (QED) is 0.560. The second-order valence-electron chi connectivity index (χ2n) is 4.97.